The van der Waals surface area contributed by atoms with E-state index in [0.29, 0.717) is 0 Å². The summed E-state index contributed by atoms with van der Waals surface area (Å²) in [5.41, 5.74) is 5.75. The number of carbonyl (C=O) groups is 3. The molecule has 0 aliphatic rings. The molecule has 0 saturated carbocycles. The third kappa shape index (κ3) is 3.53. The maximum atomic E-state index is 12.0. The first-order valence-electron chi connectivity index (χ1n) is 6.01. The zero-order valence-corrected chi connectivity index (χ0v) is 11.5. The number of nitrogens with two attached hydrogens (primary N) is 1. The third-order valence-electron chi connectivity index (χ3n) is 2.71. The summed E-state index contributed by atoms with van der Waals surface area (Å²) >= 11 is 0. The molecule has 1 heterocycles. The van der Waals surface area contributed by atoms with E-state index in [9.17, 15) is 14.4 Å². The number of pyridine rings is 1. The first-order valence-corrected chi connectivity index (χ1v) is 6.01. The smallest absolute Gasteiger partial charge is 0.328 e. The number of ether oxygens (including phenoxy) is 1. The molecule has 7 nitrogen and oxygen atoms in total. The number of amides is 1. The first-order chi connectivity index (χ1) is 9.38. The van der Waals surface area contributed by atoms with Crippen molar-refractivity contribution in [3.63, 3.8) is 0 Å². The predicted molar refractivity (Wildman–Crippen MR) is 71.8 cm³/mol. The zero-order chi connectivity index (χ0) is 15.3. The van der Waals surface area contributed by atoms with Crippen molar-refractivity contribution in [2.24, 2.45) is 5.92 Å². The van der Waals surface area contributed by atoms with Crippen LogP contribution in [0.25, 0.3) is 0 Å². The van der Waals surface area contributed by atoms with Gasteiger partial charge >= 0.3 is 5.97 Å². The monoisotopic (exact) mass is 279 g/mol. The summed E-state index contributed by atoms with van der Waals surface area (Å²) in [5.74, 6) is -2.59. The maximum Gasteiger partial charge on any atom is 0.328 e. The van der Waals surface area contributed by atoms with Gasteiger partial charge in [-0.15, -0.1) is 0 Å². The molecule has 1 amide bonds. The van der Waals surface area contributed by atoms with Crippen LogP contribution in [0.1, 0.15) is 24.2 Å². The Kier molecular flexibility index (Phi) is 5.19. The molecule has 1 aromatic heterocycles. The number of nitrogen functional groups attached to an aromatic ring is 1. The average molecular weight is 279 g/mol. The molecule has 0 aliphatic carbocycles. The summed E-state index contributed by atoms with van der Waals surface area (Å²) in [4.78, 5) is 39.1. The fourth-order valence-electron chi connectivity index (χ4n) is 1.55. The molecule has 0 aromatic carbocycles. The number of nitrogens with zero attached hydrogens (tertiary/aromatic N) is 1. The Labute approximate surface area is 116 Å². The Balaban J connectivity index is 2.87. The fourth-order valence-corrected chi connectivity index (χ4v) is 1.55. The number of Topliss-reactive ketones (excluding diaryl/α,β-unsaturated/α-hetero) is 1. The quantitative estimate of drug-likeness (QED) is 0.451. The molecule has 0 bridgehead atoms. The number of carbonyl (C=O) groups excluding carboxylic acids is 3. The molecule has 0 saturated heterocycles. The van der Waals surface area contributed by atoms with Crippen molar-refractivity contribution >= 4 is 23.3 Å². The van der Waals surface area contributed by atoms with Gasteiger partial charge in [-0.05, 0) is 12.0 Å². The molecule has 0 radical (unpaired) electrons. The second-order valence-electron chi connectivity index (χ2n) is 4.51. The lowest BCUT2D eigenvalue weighted by atomic mass is 10.0. The Hall–Kier alpha value is -2.44. The van der Waals surface area contributed by atoms with Crippen molar-refractivity contribution in [3.05, 3.63) is 24.0 Å². The van der Waals surface area contributed by atoms with Crippen molar-refractivity contribution in [1.82, 2.24) is 10.3 Å². The molecule has 108 valence electrons. The number of methoxy groups -OCH3 is 1. The van der Waals surface area contributed by atoms with Crippen molar-refractivity contribution in [2.45, 2.75) is 19.9 Å². The molecule has 1 rings (SSSR count). The van der Waals surface area contributed by atoms with E-state index in [2.05, 4.69) is 15.0 Å². The zero-order valence-electron chi connectivity index (χ0n) is 11.5. The number of anilines is 1. The summed E-state index contributed by atoms with van der Waals surface area (Å²) in [5, 5.41) is 2.35. The molecule has 0 fully saturated rings. The van der Waals surface area contributed by atoms with E-state index in [0.717, 1.165) is 0 Å². The highest BCUT2D eigenvalue weighted by Crippen LogP contribution is 2.10. The van der Waals surface area contributed by atoms with Crippen molar-refractivity contribution in [2.75, 3.05) is 12.8 Å². The van der Waals surface area contributed by atoms with Crippen molar-refractivity contribution < 1.29 is 19.1 Å². The van der Waals surface area contributed by atoms with Gasteiger partial charge in [0.2, 0.25) is 0 Å². The molecule has 0 aliphatic heterocycles. The Bertz CT molecular complexity index is 528. The molecular weight excluding hydrogens is 262 g/mol. The van der Waals surface area contributed by atoms with Gasteiger partial charge in [-0.2, -0.15) is 0 Å². The summed E-state index contributed by atoms with van der Waals surface area (Å²) < 4.78 is 4.58. The molecule has 0 spiro atoms. The van der Waals surface area contributed by atoms with Crippen LogP contribution < -0.4 is 11.1 Å². The number of esters is 1. The number of aromatic nitrogens is 1. The highest BCUT2D eigenvalue weighted by molar-refractivity contribution is 6.44. The van der Waals surface area contributed by atoms with Crippen molar-refractivity contribution in [1.29, 1.82) is 0 Å². The van der Waals surface area contributed by atoms with E-state index in [1.54, 1.807) is 13.8 Å². The highest BCUT2D eigenvalue weighted by Gasteiger charge is 2.28. The minimum atomic E-state index is -0.922. The van der Waals surface area contributed by atoms with Gasteiger partial charge in [0.05, 0.1) is 12.7 Å². The van der Waals surface area contributed by atoms with Gasteiger partial charge in [-0.1, -0.05) is 13.8 Å². The second-order valence-corrected chi connectivity index (χ2v) is 4.51. The molecule has 1 atom stereocenters. The number of nitrogens with one attached hydrogen (secondary N) is 1. The lowest BCUT2D eigenvalue weighted by molar-refractivity contribution is -0.145. The highest BCUT2D eigenvalue weighted by atomic mass is 16.5. The lowest BCUT2D eigenvalue weighted by Crippen LogP contribution is -2.47. The number of hydrogen-bond acceptors (Lipinski definition) is 6. The predicted octanol–water partition coefficient (Wildman–Crippen LogP) is 0.160. The minimum absolute atomic E-state index is 0.00243. The van der Waals surface area contributed by atoms with Crippen LogP contribution in [-0.2, 0) is 14.3 Å². The summed E-state index contributed by atoms with van der Waals surface area (Å²) in [7, 11) is 1.21. The molecule has 1 unspecified atom stereocenters. The second kappa shape index (κ2) is 6.65. The van der Waals surface area contributed by atoms with E-state index < -0.39 is 23.7 Å². The molecule has 1 aromatic rings. The van der Waals surface area contributed by atoms with E-state index in [1.165, 1.54) is 25.6 Å². The van der Waals surface area contributed by atoms with Gasteiger partial charge < -0.3 is 15.8 Å². The van der Waals surface area contributed by atoms with Crippen LogP contribution in [-0.4, -0.2) is 35.8 Å². The normalized spacial score (nSPS) is 11.8. The van der Waals surface area contributed by atoms with Gasteiger partial charge in [-0.25, -0.2) is 4.79 Å². The standard InChI is InChI=1S/C13H17N3O4/c1-7(2)10(13(19)20-3)16-12(18)11(17)8-6-15-5-4-9(8)14/h4-7,10H,1-3H3,(H2,14,15)(H,16,18). The lowest BCUT2D eigenvalue weighted by Gasteiger charge is -2.19. The Morgan fingerprint density at radius 1 is 1.35 bits per heavy atom. The van der Waals surface area contributed by atoms with Crippen LogP contribution in [0.15, 0.2) is 18.5 Å². The molecular formula is C13H17N3O4. The molecule has 3 N–H and O–H groups in total. The van der Waals surface area contributed by atoms with Gasteiger partial charge in [0, 0.05) is 18.1 Å². The van der Waals surface area contributed by atoms with E-state index in [-0.39, 0.29) is 17.2 Å². The van der Waals surface area contributed by atoms with E-state index >= 15 is 0 Å². The maximum absolute atomic E-state index is 12.0. The van der Waals surface area contributed by atoms with Gasteiger partial charge in [0.1, 0.15) is 6.04 Å². The molecule has 7 heteroatoms. The van der Waals surface area contributed by atoms with Crippen LogP contribution in [0.2, 0.25) is 0 Å². The van der Waals surface area contributed by atoms with Gasteiger partial charge in [-0.3, -0.25) is 14.6 Å². The van der Waals surface area contributed by atoms with Crippen LogP contribution in [0, 0.1) is 5.92 Å². The summed E-state index contributed by atoms with van der Waals surface area (Å²) in [6.45, 7) is 3.45. The summed E-state index contributed by atoms with van der Waals surface area (Å²) in [6.07, 6.45) is 2.62. The first kappa shape index (κ1) is 15.6. The number of rotatable bonds is 5. The topological polar surface area (TPSA) is 111 Å². The largest absolute Gasteiger partial charge is 0.467 e. The average Bonchev–Trinajstić information content (AvgIpc) is 2.43. The van der Waals surface area contributed by atoms with Crippen LogP contribution in [0.5, 0.6) is 0 Å². The van der Waals surface area contributed by atoms with Crippen LogP contribution in [0.3, 0.4) is 0 Å². The van der Waals surface area contributed by atoms with Crippen LogP contribution in [0.4, 0.5) is 5.69 Å². The third-order valence-corrected chi connectivity index (χ3v) is 2.71. The fraction of sp³-hybridized carbons (Fsp3) is 0.385. The van der Waals surface area contributed by atoms with Gasteiger partial charge in [0.15, 0.2) is 0 Å². The van der Waals surface area contributed by atoms with E-state index in [1.807, 2.05) is 0 Å². The van der Waals surface area contributed by atoms with Gasteiger partial charge in [0.25, 0.3) is 11.7 Å². The Morgan fingerprint density at radius 3 is 2.50 bits per heavy atom. The SMILES string of the molecule is COC(=O)C(NC(=O)C(=O)c1cnccc1N)C(C)C. The molecule has 20 heavy (non-hydrogen) atoms. The Morgan fingerprint density at radius 2 is 2.00 bits per heavy atom. The van der Waals surface area contributed by atoms with Crippen LogP contribution >= 0.6 is 0 Å². The minimum Gasteiger partial charge on any atom is -0.467 e. The number of hydrogen-bond donors (Lipinski definition) is 2. The summed E-state index contributed by atoms with van der Waals surface area (Å²) in [6, 6.07) is 0.523. The van der Waals surface area contributed by atoms with E-state index in [4.69, 9.17) is 5.73 Å². The number of ketones is 1. The van der Waals surface area contributed by atoms with Crippen molar-refractivity contribution in [3.8, 4) is 0 Å².